The van der Waals surface area contributed by atoms with E-state index in [0.717, 1.165) is 23.5 Å². The molecule has 0 aromatic carbocycles. The molecule has 2 heterocycles. The number of nitrogens with two attached hydrogens (primary N) is 1. The lowest BCUT2D eigenvalue weighted by atomic mass is 10.0. The van der Waals surface area contributed by atoms with Crippen LogP contribution >= 0.6 is 11.3 Å². The maximum atomic E-state index is 11.7. The molecule has 98 valence electrons. The monoisotopic (exact) mass is 267 g/mol. The van der Waals surface area contributed by atoms with Crippen LogP contribution < -0.4 is 5.73 Å². The number of likely N-dealkylation sites (tertiary alicyclic amines) is 1. The molecule has 1 saturated heterocycles. The first-order chi connectivity index (χ1) is 8.58. The predicted octanol–water partition coefficient (Wildman–Crippen LogP) is 0.860. The molecule has 2 amide bonds. The quantitative estimate of drug-likeness (QED) is 0.821. The highest BCUT2D eigenvalue weighted by atomic mass is 32.1. The average Bonchev–Trinajstić information content (AvgIpc) is 2.74. The molecular weight excluding hydrogens is 250 g/mol. The highest BCUT2D eigenvalue weighted by Gasteiger charge is 2.31. The molecule has 5 nitrogen and oxygen atoms in total. The zero-order valence-corrected chi connectivity index (χ0v) is 11.2. The number of aryl methyl sites for hydroxylation is 2. The van der Waals surface area contributed by atoms with E-state index in [1.54, 1.807) is 11.3 Å². The first kappa shape index (κ1) is 13.2. The molecule has 1 fully saturated rings. The fourth-order valence-corrected chi connectivity index (χ4v) is 2.82. The molecule has 1 aromatic heterocycles. The second-order valence-corrected chi connectivity index (χ2v) is 5.46. The van der Waals surface area contributed by atoms with E-state index in [1.165, 1.54) is 4.90 Å². The van der Waals surface area contributed by atoms with Gasteiger partial charge in [0.2, 0.25) is 11.8 Å². The van der Waals surface area contributed by atoms with E-state index in [9.17, 15) is 9.59 Å². The highest BCUT2D eigenvalue weighted by Crippen LogP contribution is 2.14. The van der Waals surface area contributed by atoms with Crippen LogP contribution in [0, 0.1) is 6.92 Å². The van der Waals surface area contributed by atoms with Gasteiger partial charge in [-0.05, 0) is 19.8 Å². The zero-order valence-electron chi connectivity index (χ0n) is 10.4. The minimum Gasteiger partial charge on any atom is -0.320 e. The van der Waals surface area contributed by atoms with Crippen LogP contribution in [0.15, 0.2) is 5.38 Å². The fourth-order valence-electron chi connectivity index (χ4n) is 2.00. The standard InChI is InChI=1S/C12H17N3O2S/c1-8-7-18-10(14-8)3-2-6-15-11(16)5-4-9(13)12(15)17/h7,9H,2-6,13H2,1H3/t9-/m0/s1. The zero-order chi connectivity index (χ0) is 13.1. The molecule has 6 heteroatoms. The van der Waals surface area contributed by atoms with Gasteiger partial charge >= 0.3 is 0 Å². The third-order valence-corrected chi connectivity index (χ3v) is 4.02. The van der Waals surface area contributed by atoms with E-state index in [0.29, 0.717) is 19.4 Å². The van der Waals surface area contributed by atoms with Gasteiger partial charge in [-0.1, -0.05) is 0 Å². The van der Waals surface area contributed by atoms with Gasteiger partial charge in [0.15, 0.2) is 0 Å². The number of rotatable bonds is 4. The summed E-state index contributed by atoms with van der Waals surface area (Å²) in [7, 11) is 0. The molecule has 2 rings (SSSR count). The van der Waals surface area contributed by atoms with Crippen LogP contribution in [-0.4, -0.2) is 34.3 Å². The maximum absolute atomic E-state index is 11.7. The Morgan fingerprint density at radius 3 is 3.00 bits per heavy atom. The van der Waals surface area contributed by atoms with Gasteiger partial charge in [-0.3, -0.25) is 14.5 Å². The number of carbonyl (C=O) groups excluding carboxylic acids is 2. The van der Waals surface area contributed by atoms with E-state index >= 15 is 0 Å². The number of thiazole rings is 1. The summed E-state index contributed by atoms with van der Waals surface area (Å²) in [6, 6.07) is -0.509. The minimum absolute atomic E-state index is 0.1000. The largest absolute Gasteiger partial charge is 0.320 e. The minimum atomic E-state index is -0.509. The molecule has 0 radical (unpaired) electrons. The summed E-state index contributed by atoms with van der Waals surface area (Å²) < 4.78 is 0. The van der Waals surface area contributed by atoms with Gasteiger partial charge in [-0.15, -0.1) is 11.3 Å². The van der Waals surface area contributed by atoms with Crippen molar-refractivity contribution in [1.29, 1.82) is 0 Å². The van der Waals surface area contributed by atoms with Gasteiger partial charge in [0.1, 0.15) is 0 Å². The predicted molar refractivity (Wildman–Crippen MR) is 69.1 cm³/mol. The second-order valence-electron chi connectivity index (χ2n) is 4.51. The molecule has 18 heavy (non-hydrogen) atoms. The summed E-state index contributed by atoms with van der Waals surface area (Å²) in [5, 5.41) is 3.05. The van der Waals surface area contributed by atoms with Crippen LogP contribution in [0.4, 0.5) is 0 Å². The first-order valence-corrected chi connectivity index (χ1v) is 6.96. The van der Waals surface area contributed by atoms with Crippen LogP contribution in [0.3, 0.4) is 0 Å². The number of hydrogen-bond donors (Lipinski definition) is 1. The normalized spacial score (nSPS) is 20.6. The third kappa shape index (κ3) is 2.94. The lowest BCUT2D eigenvalue weighted by molar-refractivity contribution is -0.149. The molecule has 0 unspecified atom stereocenters. The molecule has 1 aliphatic heterocycles. The van der Waals surface area contributed by atoms with Gasteiger partial charge in [0, 0.05) is 30.5 Å². The van der Waals surface area contributed by atoms with E-state index in [4.69, 9.17) is 5.73 Å². The van der Waals surface area contributed by atoms with Crippen molar-refractivity contribution in [3.63, 3.8) is 0 Å². The average molecular weight is 267 g/mol. The van der Waals surface area contributed by atoms with Crippen molar-refractivity contribution in [3.05, 3.63) is 16.1 Å². The fraction of sp³-hybridized carbons (Fsp3) is 0.583. The highest BCUT2D eigenvalue weighted by molar-refractivity contribution is 7.09. The smallest absolute Gasteiger partial charge is 0.246 e. The van der Waals surface area contributed by atoms with Gasteiger partial charge in [0.05, 0.1) is 11.0 Å². The lowest BCUT2D eigenvalue weighted by Gasteiger charge is -2.28. The molecule has 0 aliphatic carbocycles. The maximum Gasteiger partial charge on any atom is 0.246 e. The molecular formula is C12H17N3O2S. The van der Waals surface area contributed by atoms with Crippen molar-refractivity contribution in [1.82, 2.24) is 9.88 Å². The van der Waals surface area contributed by atoms with Crippen molar-refractivity contribution >= 4 is 23.2 Å². The summed E-state index contributed by atoms with van der Waals surface area (Å²) >= 11 is 1.61. The van der Waals surface area contributed by atoms with E-state index in [-0.39, 0.29) is 11.8 Å². The Balaban J connectivity index is 1.85. The van der Waals surface area contributed by atoms with Crippen LogP contribution in [-0.2, 0) is 16.0 Å². The van der Waals surface area contributed by atoms with E-state index < -0.39 is 6.04 Å². The molecule has 0 saturated carbocycles. The Hall–Kier alpha value is -1.27. The lowest BCUT2D eigenvalue weighted by Crippen LogP contribution is -2.51. The van der Waals surface area contributed by atoms with Crippen molar-refractivity contribution in [2.24, 2.45) is 5.73 Å². The summed E-state index contributed by atoms with van der Waals surface area (Å²) in [6.07, 6.45) is 2.39. The number of amides is 2. The van der Waals surface area contributed by atoms with E-state index in [1.807, 2.05) is 12.3 Å². The second kappa shape index (κ2) is 5.58. The summed E-state index contributed by atoms with van der Waals surface area (Å²) in [5.41, 5.74) is 6.68. The van der Waals surface area contributed by atoms with Crippen LogP contribution in [0.5, 0.6) is 0 Å². The van der Waals surface area contributed by atoms with Gasteiger partial charge in [0.25, 0.3) is 0 Å². The van der Waals surface area contributed by atoms with Crippen LogP contribution in [0.25, 0.3) is 0 Å². The van der Waals surface area contributed by atoms with E-state index in [2.05, 4.69) is 4.98 Å². The third-order valence-electron chi connectivity index (χ3n) is 2.99. The topological polar surface area (TPSA) is 76.3 Å². The van der Waals surface area contributed by atoms with Crippen molar-refractivity contribution in [2.75, 3.05) is 6.54 Å². The number of piperidine rings is 1. The van der Waals surface area contributed by atoms with Crippen molar-refractivity contribution < 1.29 is 9.59 Å². The summed E-state index contributed by atoms with van der Waals surface area (Å²) in [6.45, 7) is 2.40. The molecule has 0 bridgehead atoms. The molecule has 0 spiro atoms. The van der Waals surface area contributed by atoms with Crippen molar-refractivity contribution in [3.8, 4) is 0 Å². The Bertz CT molecular complexity index is 458. The summed E-state index contributed by atoms with van der Waals surface area (Å²) in [4.78, 5) is 29.0. The Labute approximate surface area is 110 Å². The molecule has 1 atom stereocenters. The number of aromatic nitrogens is 1. The van der Waals surface area contributed by atoms with Gasteiger partial charge in [-0.2, -0.15) is 0 Å². The molecule has 2 N–H and O–H groups in total. The first-order valence-electron chi connectivity index (χ1n) is 6.08. The van der Waals surface area contributed by atoms with Gasteiger partial charge < -0.3 is 5.73 Å². The molecule has 1 aromatic rings. The number of hydrogen-bond acceptors (Lipinski definition) is 5. The van der Waals surface area contributed by atoms with Crippen LogP contribution in [0.2, 0.25) is 0 Å². The van der Waals surface area contributed by atoms with Crippen molar-refractivity contribution in [2.45, 2.75) is 38.6 Å². The Morgan fingerprint density at radius 2 is 2.33 bits per heavy atom. The summed E-state index contributed by atoms with van der Waals surface area (Å²) in [5.74, 6) is -0.335. The van der Waals surface area contributed by atoms with Gasteiger partial charge in [-0.25, -0.2) is 4.98 Å². The van der Waals surface area contributed by atoms with Crippen LogP contribution in [0.1, 0.15) is 30.0 Å². The number of imide groups is 1. The number of nitrogens with zero attached hydrogens (tertiary/aromatic N) is 2. The Kier molecular flexibility index (Phi) is 4.08. The Morgan fingerprint density at radius 1 is 1.56 bits per heavy atom. The SMILES string of the molecule is Cc1csc(CCCN2C(=O)CC[C@H](N)C2=O)n1. The number of carbonyl (C=O) groups is 2. The molecule has 1 aliphatic rings.